The highest BCUT2D eigenvalue weighted by atomic mass is 35.5. The van der Waals surface area contributed by atoms with Crippen LogP contribution in [0.1, 0.15) is 31.7 Å². The Morgan fingerprint density at radius 2 is 2.19 bits per heavy atom. The van der Waals surface area contributed by atoms with Gasteiger partial charge in [0.05, 0.1) is 11.5 Å². The van der Waals surface area contributed by atoms with Crippen molar-refractivity contribution in [3.05, 3.63) is 28.8 Å². The van der Waals surface area contributed by atoms with Crippen LogP contribution >= 0.6 is 23.4 Å². The summed E-state index contributed by atoms with van der Waals surface area (Å²) in [6.45, 7) is 1.84. The summed E-state index contributed by atoms with van der Waals surface area (Å²) in [4.78, 5) is 0.155. The van der Waals surface area contributed by atoms with Gasteiger partial charge in [-0.1, -0.05) is 18.5 Å². The molecule has 7 heteroatoms. The molecule has 0 spiro atoms. The number of hydrogen-bond donors (Lipinski definition) is 2. The van der Waals surface area contributed by atoms with Gasteiger partial charge in [0, 0.05) is 16.3 Å². The summed E-state index contributed by atoms with van der Waals surface area (Å²) >= 11 is 7.78. The van der Waals surface area contributed by atoms with E-state index in [-0.39, 0.29) is 17.5 Å². The van der Waals surface area contributed by atoms with Gasteiger partial charge in [0.25, 0.3) is 0 Å². The number of aliphatic hydroxyl groups is 1. The molecule has 1 fully saturated rings. The maximum absolute atomic E-state index is 12.4. The molecule has 1 aromatic rings. The summed E-state index contributed by atoms with van der Waals surface area (Å²) in [5.74, 6) is 1.06. The number of hydrogen-bond acceptors (Lipinski definition) is 4. The van der Waals surface area contributed by atoms with Gasteiger partial charge in [0.1, 0.15) is 0 Å². The zero-order chi connectivity index (χ0) is 15.5. The molecule has 0 bridgehead atoms. The molecule has 0 aliphatic heterocycles. The molecule has 0 radical (unpaired) electrons. The van der Waals surface area contributed by atoms with Crippen LogP contribution in [0.4, 0.5) is 0 Å². The van der Waals surface area contributed by atoms with Gasteiger partial charge < -0.3 is 5.11 Å². The third-order valence-electron chi connectivity index (χ3n) is 3.61. The quantitative estimate of drug-likeness (QED) is 0.828. The Morgan fingerprint density at radius 1 is 1.43 bits per heavy atom. The lowest BCUT2D eigenvalue weighted by atomic mass is 10.2. The van der Waals surface area contributed by atoms with E-state index >= 15 is 0 Å². The maximum atomic E-state index is 12.4. The van der Waals surface area contributed by atoms with Gasteiger partial charge in [-0.3, -0.25) is 0 Å². The summed E-state index contributed by atoms with van der Waals surface area (Å²) in [6.07, 6.45) is 2.80. The van der Waals surface area contributed by atoms with E-state index in [0.717, 1.165) is 25.0 Å². The largest absolute Gasteiger partial charge is 0.392 e. The normalized spacial score (nSPS) is 22.6. The van der Waals surface area contributed by atoms with Crippen LogP contribution in [-0.2, 0) is 16.6 Å². The Labute approximate surface area is 135 Å². The monoisotopic (exact) mass is 349 g/mol. The molecule has 2 N–H and O–H groups in total. The molecular weight excluding hydrogens is 330 g/mol. The molecule has 0 aromatic heterocycles. The van der Waals surface area contributed by atoms with Crippen LogP contribution in [0, 0.1) is 0 Å². The highest BCUT2D eigenvalue weighted by Gasteiger charge is 2.28. The molecule has 1 aromatic carbocycles. The first kappa shape index (κ1) is 17.1. The van der Waals surface area contributed by atoms with E-state index in [0.29, 0.717) is 15.8 Å². The third kappa shape index (κ3) is 4.36. The zero-order valence-electron chi connectivity index (χ0n) is 11.9. The predicted octanol–water partition coefficient (Wildman–Crippen LogP) is 2.78. The molecule has 0 heterocycles. The van der Waals surface area contributed by atoms with E-state index in [1.807, 2.05) is 11.8 Å². The van der Waals surface area contributed by atoms with Crippen LogP contribution in [0.15, 0.2) is 23.1 Å². The third-order valence-corrected chi connectivity index (χ3v) is 6.73. The number of sulfonamides is 1. The molecule has 0 saturated heterocycles. The van der Waals surface area contributed by atoms with Crippen molar-refractivity contribution in [2.45, 2.75) is 49.0 Å². The molecule has 1 aliphatic carbocycles. The van der Waals surface area contributed by atoms with Crippen molar-refractivity contribution in [1.82, 2.24) is 4.72 Å². The minimum absolute atomic E-state index is 0.00713. The summed E-state index contributed by atoms with van der Waals surface area (Å²) in [7, 11) is -3.56. The SMILES string of the molecule is CCSC1CCC(NS(=O)(=O)c2ccc(Cl)c(CO)c2)C1. The molecule has 2 atom stereocenters. The highest BCUT2D eigenvalue weighted by molar-refractivity contribution is 7.99. The first-order chi connectivity index (χ1) is 9.96. The van der Waals surface area contributed by atoms with Crippen LogP contribution in [0.5, 0.6) is 0 Å². The lowest BCUT2D eigenvalue weighted by Crippen LogP contribution is -2.33. The fourth-order valence-corrected chi connectivity index (χ4v) is 5.21. The molecule has 2 unspecified atom stereocenters. The van der Waals surface area contributed by atoms with Crippen molar-refractivity contribution >= 4 is 33.4 Å². The second kappa shape index (κ2) is 7.33. The second-order valence-corrected chi connectivity index (χ2v) is 8.82. The van der Waals surface area contributed by atoms with Gasteiger partial charge in [-0.25, -0.2) is 13.1 Å². The van der Waals surface area contributed by atoms with Gasteiger partial charge in [-0.15, -0.1) is 0 Å². The van der Waals surface area contributed by atoms with Crippen molar-refractivity contribution < 1.29 is 13.5 Å². The van der Waals surface area contributed by atoms with Crippen molar-refractivity contribution in [3.63, 3.8) is 0 Å². The second-order valence-electron chi connectivity index (χ2n) is 5.12. The smallest absolute Gasteiger partial charge is 0.240 e. The predicted molar refractivity (Wildman–Crippen MR) is 87.3 cm³/mol. The van der Waals surface area contributed by atoms with Crippen LogP contribution < -0.4 is 4.72 Å². The standard InChI is InChI=1S/C14H20ClNO3S2/c1-2-20-12-4-3-11(8-12)16-21(18,19)13-5-6-14(15)10(7-13)9-17/h5-7,11-12,16-17H,2-4,8-9H2,1H3. The van der Waals surface area contributed by atoms with E-state index in [1.165, 1.54) is 18.2 Å². The fourth-order valence-electron chi connectivity index (χ4n) is 2.56. The van der Waals surface area contributed by atoms with E-state index in [1.54, 1.807) is 0 Å². The molecular formula is C14H20ClNO3S2. The molecule has 4 nitrogen and oxygen atoms in total. The Morgan fingerprint density at radius 3 is 2.86 bits per heavy atom. The van der Waals surface area contributed by atoms with Gasteiger partial charge in [-0.2, -0.15) is 11.8 Å². The average Bonchev–Trinajstić information content (AvgIpc) is 2.86. The molecule has 1 saturated carbocycles. The maximum Gasteiger partial charge on any atom is 0.240 e. The lowest BCUT2D eigenvalue weighted by Gasteiger charge is -2.14. The fraction of sp³-hybridized carbons (Fsp3) is 0.571. The molecule has 1 aliphatic rings. The number of rotatable bonds is 6. The highest BCUT2D eigenvalue weighted by Crippen LogP contribution is 2.30. The van der Waals surface area contributed by atoms with Gasteiger partial charge in [-0.05, 0) is 48.8 Å². The first-order valence-corrected chi connectivity index (χ1v) is 9.90. The van der Waals surface area contributed by atoms with Gasteiger partial charge in [0.2, 0.25) is 10.0 Å². The van der Waals surface area contributed by atoms with Crippen molar-refractivity contribution in [2.24, 2.45) is 0 Å². The molecule has 2 rings (SSSR count). The Balaban J connectivity index is 2.09. The number of nitrogens with one attached hydrogen (secondary N) is 1. The van der Waals surface area contributed by atoms with Crippen LogP contribution in [0.2, 0.25) is 5.02 Å². The van der Waals surface area contributed by atoms with Crippen molar-refractivity contribution in [3.8, 4) is 0 Å². The van der Waals surface area contributed by atoms with Crippen LogP contribution in [-0.4, -0.2) is 30.6 Å². The first-order valence-electron chi connectivity index (χ1n) is 6.99. The summed E-state index contributed by atoms with van der Waals surface area (Å²) in [5, 5.41) is 10.1. The minimum atomic E-state index is -3.56. The number of halogens is 1. The number of aliphatic hydroxyl groups excluding tert-OH is 1. The Bertz CT molecular complexity index is 592. The van der Waals surface area contributed by atoms with Gasteiger partial charge >= 0.3 is 0 Å². The van der Waals surface area contributed by atoms with Gasteiger partial charge in [0.15, 0.2) is 0 Å². The van der Waals surface area contributed by atoms with Crippen molar-refractivity contribution in [1.29, 1.82) is 0 Å². The Hall–Kier alpha value is -0.270. The van der Waals surface area contributed by atoms with E-state index in [4.69, 9.17) is 11.6 Å². The summed E-state index contributed by atoms with van der Waals surface area (Å²) in [5.41, 5.74) is 0.422. The molecule has 118 valence electrons. The molecule has 21 heavy (non-hydrogen) atoms. The van der Waals surface area contributed by atoms with Crippen LogP contribution in [0.25, 0.3) is 0 Å². The van der Waals surface area contributed by atoms with E-state index in [9.17, 15) is 13.5 Å². The number of benzene rings is 1. The minimum Gasteiger partial charge on any atom is -0.392 e. The van der Waals surface area contributed by atoms with E-state index in [2.05, 4.69) is 11.6 Å². The molecule has 0 amide bonds. The Kier molecular flexibility index (Phi) is 5.96. The number of thioether (sulfide) groups is 1. The lowest BCUT2D eigenvalue weighted by molar-refractivity contribution is 0.281. The van der Waals surface area contributed by atoms with E-state index < -0.39 is 10.0 Å². The summed E-state index contributed by atoms with van der Waals surface area (Å²) < 4.78 is 27.5. The van der Waals surface area contributed by atoms with Crippen molar-refractivity contribution in [2.75, 3.05) is 5.75 Å². The van der Waals surface area contributed by atoms with Crippen LogP contribution in [0.3, 0.4) is 0 Å². The average molecular weight is 350 g/mol. The summed E-state index contributed by atoms with van der Waals surface area (Å²) in [6, 6.07) is 4.40. The zero-order valence-corrected chi connectivity index (χ0v) is 14.3. The topological polar surface area (TPSA) is 66.4 Å².